The molecule has 0 heterocycles. The first-order valence-electron chi connectivity index (χ1n) is 5.99. The van der Waals surface area contributed by atoms with Gasteiger partial charge in [-0.05, 0) is 24.5 Å². The highest BCUT2D eigenvalue weighted by molar-refractivity contribution is 7.90. The molecule has 0 atom stereocenters. The average molecular weight is 290 g/mol. The van der Waals surface area contributed by atoms with Gasteiger partial charge in [0.15, 0.2) is 0 Å². The molecule has 2 N–H and O–H groups in total. The number of hydrogen-bond donors (Lipinski definition) is 2. The summed E-state index contributed by atoms with van der Waals surface area (Å²) in [4.78, 5) is 0. The lowest BCUT2D eigenvalue weighted by atomic mass is 9.78. The van der Waals surface area contributed by atoms with E-state index in [4.69, 9.17) is 0 Å². The molecule has 1 aromatic carbocycles. The van der Waals surface area contributed by atoms with E-state index in [2.05, 4.69) is 0 Å². The van der Waals surface area contributed by atoms with Crippen molar-refractivity contribution in [1.29, 1.82) is 0 Å². The van der Waals surface area contributed by atoms with Crippen LogP contribution in [0.1, 0.15) is 18.4 Å². The Morgan fingerprint density at radius 1 is 1.21 bits per heavy atom. The third kappa shape index (κ3) is 4.26. The van der Waals surface area contributed by atoms with Gasteiger partial charge in [-0.3, -0.25) is 0 Å². The van der Waals surface area contributed by atoms with E-state index in [0.717, 1.165) is 6.26 Å². The van der Waals surface area contributed by atoms with Crippen LogP contribution in [-0.2, 0) is 15.3 Å². The molecule has 1 aromatic rings. The van der Waals surface area contributed by atoms with Crippen molar-refractivity contribution in [3.63, 3.8) is 0 Å². The number of rotatable bonds is 7. The topological polar surface area (TPSA) is 74.6 Å². The molecule has 4 nitrogen and oxygen atoms in total. The summed E-state index contributed by atoms with van der Waals surface area (Å²) >= 11 is 0. The van der Waals surface area contributed by atoms with Crippen molar-refractivity contribution in [3.05, 3.63) is 35.6 Å². The van der Waals surface area contributed by atoms with Crippen molar-refractivity contribution in [1.82, 2.24) is 0 Å². The first kappa shape index (κ1) is 16.1. The molecular weight excluding hydrogens is 271 g/mol. The van der Waals surface area contributed by atoms with Crippen molar-refractivity contribution in [2.24, 2.45) is 0 Å². The Kier molecular flexibility index (Phi) is 5.46. The molecule has 0 aliphatic carbocycles. The molecule has 19 heavy (non-hydrogen) atoms. The second-order valence-corrected chi connectivity index (χ2v) is 7.07. The Morgan fingerprint density at radius 2 is 1.79 bits per heavy atom. The number of halogens is 1. The average Bonchev–Trinajstić information content (AvgIpc) is 2.35. The molecule has 0 unspecified atom stereocenters. The number of hydrogen-bond acceptors (Lipinski definition) is 4. The van der Waals surface area contributed by atoms with E-state index >= 15 is 0 Å². The number of benzene rings is 1. The fraction of sp³-hybridized carbons (Fsp3) is 0.538. The van der Waals surface area contributed by atoms with Crippen molar-refractivity contribution >= 4 is 9.84 Å². The van der Waals surface area contributed by atoms with Gasteiger partial charge in [0.1, 0.15) is 15.7 Å². The predicted octanol–water partition coefficient (Wildman–Crippen LogP) is 0.873. The second-order valence-electron chi connectivity index (χ2n) is 4.81. The Labute approximate surface area is 112 Å². The minimum atomic E-state index is -3.11. The van der Waals surface area contributed by atoms with Gasteiger partial charge < -0.3 is 10.2 Å². The van der Waals surface area contributed by atoms with Crippen molar-refractivity contribution < 1.29 is 23.0 Å². The molecule has 0 saturated carbocycles. The zero-order valence-corrected chi connectivity index (χ0v) is 11.7. The van der Waals surface area contributed by atoms with Crippen LogP contribution in [-0.4, -0.2) is 43.9 Å². The summed E-state index contributed by atoms with van der Waals surface area (Å²) in [6.07, 6.45) is 1.58. The monoisotopic (exact) mass is 290 g/mol. The number of aliphatic hydroxyl groups excluding tert-OH is 2. The van der Waals surface area contributed by atoms with Gasteiger partial charge >= 0.3 is 0 Å². The van der Waals surface area contributed by atoms with Gasteiger partial charge in [0.05, 0.1) is 13.2 Å². The van der Waals surface area contributed by atoms with Crippen molar-refractivity contribution in [2.45, 2.75) is 18.3 Å². The lowest BCUT2D eigenvalue weighted by Gasteiger charge is -2.30. The molecule has 0 radical (unpaired) electrons. The normalized spacial score (nSPS) is 12.6. The molecule has 6 heteroatoms. The highest BCUT2D eigenvalue weighted by Gasteiger charge is 2.33. The zero-order chi connectivity index (χ0) is 14.5. The SMILES string of the molecule is CS(=O)(=O)CCCC(CO)(CO)c1ccccc1F. The van der Waals surface area contributed by atoms with E-state index in [1.807, 2.05) is 0 Å². The molecule has 0 bridgehead atoms. The molecule has 0 aromatic heterocycles. The van der Waals surface area contributed by atoms with Gasteiger partial charge in [0.25, 0.3) is 0 Å². The van der Waals surface area contributed by atoms with E-state index in [1.54, 1.807) is 6.07 Å². The highest BCUT2D eigenvalue weighted by Crippen LogP contribution is 2.30. The Bertz CT molecular complexity index is 509. The Morgan fingerprint density at radius 3 is 2.26 bits per heavy atom. The van der Waals surface area contributed by atoms with Crippen LogP contribution < -0.4 is 0 Å². The second kappa shape index (κ2) is 6.45. The molecular formula is C13H19FO4S. The van der Waals surface area contributed by atoms with E-state index in [9.17, 15) is 23.0 Å². The maximum absolute atomic E-state index is 13.8. The molecule has 0 fully saturated rings. The molecule has 108 valence electrons. The van der Waals surface area contributed by atoms with Crippen LogP contribution in [0.15, 0.2) is 24.3 Å². The molecule has 1 rings (SSSR count). The minimum Gasteiger partial charge on any atom is -0.395 e. The summed E-state index contributed by atoms with van der Waals surface area (Å²) in [5.74, 6) is -0.562. The lowest BCUT2D eigenvalue weighted by Crippen LogP contribution is -2.36. The lowest BCUT2D eigenvalue weighted by molar-refractivity contribution is 0.106. The molecule has 0 saturated heterocycles. The standard InChI is InChI=1S/C13H19FO4S/c1-19(17,18)8-4-7-13(9-15,10-16)11-5-2-3-6-12(11)14/h2-3,5-6,15-16H,4,7-10H2,1H3. The molecule has 0 spiro atoms. The third-order valence-electron chi connectivity index (χ3n) is 3.22. The maximum atomic E-state index is 13.8. The molecule has 0 aliphatic heterocycles. The van der Waals surface area contributed by atoms with Gasteiger partial charge in [0, 0.05) is 17.4 Å². The van der Waals surface area contributed by atoms with Crippen LogP contribution in [0, 0.1) is 5.82 Å². The zero-order valence-electron chi connectivity index (χ0n) is 10.8. The summed E-state index contributed by atoms with van der Waals surface area (Å²) in [5, 5.41) is 19.0. The van der Waals surface area contributed by atoms with Crippen LogP contribution in [0.2, 0.25) is 0 Å². The van der Waals surface area contributed by atoms with E-state index < -0.39 is 34.3 Å². The smallest absolute Gasteiger partial charge is 0.147 e. The van der Waals surface area contributed by atoms with E-state index in [1.165, 1.54) is 18.2 Å². The highest BCUT2D eigenvalue weighted by atomic mass is 32.2. The molecule has 0 amide bonds. The molecule has 0 aliphatic rings. The summed E-state index contributed by atoms with van der Waals surface area (Å²) in [7, 11) is -3.11. The largest absolute Gasteiger partial charge is 0.395 e. The van der Waals surface area contributed by atoms with Crippen LogP contribution in [0.4, 0.5) is 4.39 Å². The van der Waals surface area contributed by atoms with Crippen molar-refractivity contribution in [2.75, 3.05) is 25.2 Å². The maximum Gasteiger partial charge on any atom is 0.147 e. The summed E-state index contributed by atoms with van der Waals surface area (Å²) in [6, 6.07) is 5.90. The van der Waals surface area contributed by atoms with E-state index in [0.29, 0.717) is 0 Å². The van der Waals surface area contributed by atoms with E-state index in [-0.39, 0.29) is 24.2 Å². The van der Waals surface area contributed by atoms with Gasteiger partial charge in [-0.25, -0.2) is 12.8 Å². The Balaban J connectivity index is 2.95. The van der Waals surface area contributed by atoms with Crippen LogP contribution in [0.5, 0.6) is 0 Å². The quantitative estimate of drug-likeness (QED) is 0.781. The van der Waals surface area contributed by atoms with Crippen LogP contribution in [0.25, 0.3) is 0 Å². The minimum absolute atomic E-state index is 0.0524. The number of sulfone groups is 1. The number of aliphatic hydroxyl groups is 2. The summed E-state index contributed by atoms with van der Waals surface area (Å²) in [6.45, 7) is -0.873. The van der Waals surface area contributed by atoms with Crippen molar-refractivity contribution in [3.8, 4) is 0 Å². The van der Waals surface area contributed by atoms with Gasteiger partial charge in [-0.2, -0.15) is 0 Å². The first-order chi connectivity index (χ1) is 8.84. The fourth-order valence-corrected chi connectivity index (χ4v) is 2.75. The Hall–Kier alpha value is -0.980. The van der Waals surface area contributed by atoms with Crippen LogP contribution >= 0.6 is 0 Å². The first-order valence-corrected chi connectivity index (χ1v) is 8.05. The van der Waals surface area contributed by atoms with Gasteiger partial charge in [-0.1, -0.05) is 18.2 Å². The van der Waals surface area contributed by atoms with Gasteiger partial charge in [0.2, 0.25) is 0 Å². The summed E-state index contributed by atoms with van der Waals surface area (Å²) in [5.41, 5.74) is -0.927. The van der Waals surface area contributed by atoms with Gasteiger partial charge in [-0.15, -0.1) is 0 Å². The van der Waals surface area contributed by atoms with Crippen LogP contribution in [0.3, 0.4) is 0 Å². The summed E-state index contributed by atoms with van der Waals surface area (Å²) < 4.78 is 36.0. The predicted molar refractivity (Wildman–Crippen MR) is 71.2 cm³/mol. The third-order valence-corrected chi connectivity index (χ3v) is 4.25. The fourth-order valence-electron chi connectivity index (χ4n) is 2.08.